The van der Waals surface area contributed by atoms with Crippen molar-refractivity contribution in [3.63, 3.8) is 0 Å². The highest BCUT2D eigenvalue weighted by Crippen LogP contribution is 2.19. The monoisotopic (exact) mass is 310 g/mol. The molecule has 0 unspecified atom stereocenters. The van der Waals surface area contributed by atoms with E-state index >= 15 is 0 Å². The van der Waals surface area contributed by atoms with E-state index in [0.717, 1.165) is 24.1 Å². The van der Waals surface area contributed by atoms with Crippen LogP contribution in [-0.4, -0.2) is 40.2 Å². The highest BCUT2D eigenvalue weighted by Gasteiger charge is 2.17. The Labute approximate surface area is 130 Å². The minimum Gasteiger partial charge on any atom is -0.324 e. The molecular weight excluding hydrogens is 284 g/mol. The van der Waals surface area contributed by atoms with Crippen molar-refractivity contribution in [2.24, 2.45) is 0 Å². The Morgan fingerprint density at radius 1 is 1.33 bits per heavy atom. The molecule has 0 saturated carbocycles. The molecule has 118 valence electrons. The van der Waals surface area contributed by atoms with Gasteiger partial charge in [-0.1, -0.05) is 26.0 Å². The van der Waals surface area contributed by atoms with Crippen LogP contribution in [0.4, 0.5) is 10.5 Å². The topological polar surface area (TPSA) is 49.4 Å². The summed E-state index contributed by atoms with van der Waals surface area (Å²) in [5.41, 5.74) is 3.20. The van der Waals surface area contributed by atoms with Gasteiger partial charge in [0.1, 0.15) is 0 Å². The van der Waals surface area contributed by atoms with Crippen molar-refractivity contribution in [1.29, 1.82) is 0 Å². The number of benzene rings is 1. The summed E-state index contributed by atoms with van der Waals surface area (Å²) in [7, 11) is 0.826. The number of nitrogens with zero attached hydrogens (tertiary/aromatic N) is 1. The number of hydrogen-bond acceptors (Lipinski definition) is 2. The van der Waals surface area contributed by atoms with Gasteiger partial charge in [-0.2, -0.15) is 0 Å². The van der Waals surface area contributed by atoms with E-state index in [2.05, 4.69) is 31.3 Å². The van der Waals surface area contributed by atoms with Gasteiger partial charge in [-0.3, -0.25) is 4.21 Å². The minimum atomic E-state index is -0.912. The second kappa shape index (κ2) is 8.17. The molecular formula is C16H26N2O2S. The molecule has 2 amide bonds. The number of amides is 2. The standard InChI is InChI=1S/C16H26N2O2S/c1-6-13-8-9-14(7-2)15(10-13)17-16(19)18(4)12(3)11-21(5)20/h8-10,12H,6-7,11H2,1-5H3,(H,17,19)/t12-,21+/m0/s1. The molecule has 5 heteroatoms. The molecule has 0 aliphatic rings. The summed E-state index contributed by atoms with van der Waals surface area (Å²) < 4.78 is 11.3. The average Bonchev–Trinajstić information content (AvgIpc) is 2.45. The van der Waals surface area contributed by atoms with E-state index in [9.17, 15) is 9.00 Å². The number of carbonyl (C=O) groups excluding carboxylic acids is 1. The van der Waals surface area contributed by atoms with Crippen molar-refractivity contribution in [3.05, 3.63) is 29.3 Å². The van der Waals surface area contributed by atoms with Crippen LogP contribution in [0.1, 0.15) is 31.9 Å². The van der Waals surface area contributed by atoms with Gasteiger partial charge in [0.2, 0.25) is 0 Å². The Morgan fingerprint density at radius 2 is 2.00 bits per heavy atom. The molecule has 0 heterocycles. The first-order valence-corrected chi connectivity index (χ1v) is 9.07. The molecule has 1 aromatic rings. The summed E-state index contributed by atoms with van der Waals surface area (Å²) in [6, 6.07) is 5.99. The van der Waals surface area contributed by atoms with Crippen LogP contribution in [0.15, 0.2) is 18.2 Å². The van der Waals surface area contributed by atoms with Crippen LogP contribution in [0, 0.1) is 0 Å². The van der Waals surface area contributed by atoms with Gasteiger partial charge >= 0.3 is 6.03 Å². The molecule has 0 bridgehead atoms. The average molecular weight is 310 g/mol. The molecule has 2 atom stereocenters. The highest BCUT2D eigenvalue weighted by atomic mass is 32.2. The Kier molecular flexibility index (Phi) is 6.89. The summed E-state index contributed by atoms with van der Waals surface area (Å²) in [4.78, 5) is 13.9. The van der Waals surface area contributed by atoms with Gasteiger partial charge in [-0.15, -0.1) is 0 Å². The predicted molar refractivity (Wildman–Crippen MR) is 90.4 cm³/mol. The molecule has 0 aliphatic carbocycles. The minimum absolute atomic E-state index is 0.0599. The van der Waals surface area contributed by atoms with E-state index in [4.69, 9.17) is 0 Å². The Balaban J connectivity index is 2.84. The maximum absolute atomic E-state index is 12.3. The van der Waals surface area contributed by atoms with Crippen LogP contribution in [0.3, 0.4) is 0 Å². The smallest absolute Gasteiger partial charge is 0.321 e. The number of anilines is 1. The van der Waals surface area contributed by atoms with E-state index < -0.39 is 10.8 Å². The first-order chi connectivity index (χ1) is 9.88. The van der Waals surface area contributed by atoms with Crippen LogP contribution in [0.25, 0.3) is 0 Å². The fourth-order valence-electron chi connectivity index (χ4n) is 2.12. The van der Waals surface area contributed by atoms with E-state index in [1.54, 1.807) is 18.2 Å². The molecule has 1 rings (SSSR count). The molecule has 0 spiro atoms. The largest absolute Gasteiger partial charge is 0.324 e. The number of nitrogens with one attached hydrogen (secondary N) is 1. The van der Waals surface area contributed by atoms with E-state index in [1.807, 2.05) is 13.0 Å². The zero-order chi connectivity index (χ0) is 16.0. The molecule has 1 aromatic carbocycles. The predicted octanol–water partition coefficient (Wildman–Crippen LogP) is 3.04. The van der Waals surface area contributed by atoms with Gasteiger partial charge in [-0.25, -0.2) is 4.79 Å². The van der Waals surface area contributed by atoms with Gasteiger partial charge in [-0.05, 0) is 37.0 Å². The fraction of sp³-hybridized carbons (Fsp3) is 0.562. The van der Waals surface area contributed by atoms with E-state index in [-0.39, 0.29) is 12.1 Å². The van der Waals surface area contributed by atoms with Gasteiger partial charge in [0.15, 0.2) is 0 Å². The third-order valence-electron chi connectivity index (χ3n) is 3.66. The summed E-state index contributed by atoms with van der Waals surface area (Å²) in [6.45, 7) is 6.07. The maximum Gasteiger partial charge on any atom is 0.321 e. The van der Waals surface area contributed by atoms with Gasteiger partial charge < -0.3 is 10.2 Å². The SMILES string of the molecule is CCc1ccc(CC)c(NC(=O)N(C)[C@@H](C)C[S@@](C)=O)c1. The van der Waals surface area contributed by atoms with Crippen LogP contribution in [0.2, 0.25) is 0 Å². The molecule has 21 heavy (non-hydrogen) atoms. The fourth-order valence-corrected chi connectivity index (χ4v) is 3.03. The molecule has 0 radical (unpaired) electrons. The Morgan fingerprint density at radius 3 is 2.52 bits per heavy atom. The van der Waals surface area contributed by atoms with Crippen LogP contribution in [0.5, 0.6) is 0 Å². The molecule has 0 aliphatic heterocycles. The first-order valence-electron chi connectivity index (χ1n) is 7.34. The molecule has 4 nitrogen and oxygen atoms in total. The van der Waals surface area contributed by atoms with Gasteiger partial charge in [0.25, 0.3) is 0 Å². The second-order valence-corrected chi connectivity index (χ2v) is 6.81. The lowest BCUT2D eigenvalue weighted by Gasteiger charge is -2.25. The second-order valence-electron chi connectivity index (χ2n) is 5.33. The first kappa shape index (κ1) is 17.7. The van der Waals surface area contributed by atoms with Crippen molar-refractivity contribution in [1.82, 2.24) is 4.90 Å². The molecule has 0 aromatic heterocycles. The number of hydrogen-bond donors (Lipinski definition) is 1. The van der Waals surface area contributed by atoms with Crippen LogP contribution < -0.4 is 5.32 Å². The Bertz CT molecular complexity index is 517. The normalized spacial score (nSPS) is 13.6. The summed E-state index contributed by atoms with van der Waals surface area (Å²) in [5.74, 6) is 0.486. The van der Waals surface area contributed by atoms with Crippen molar-refractivity contribution < 1.29 is 9.00 Å². The summed E-state index contributed by atoms with van der Waals surface area (Å²) in [6.07, 6.45) is 3.47. The van der Waals surface area contributed by atoms with Crippen LogP contribution in [-0.2, 0) is 23.6 Å². The number of rotatable bonds is 6. The maximum atomic E-state index is 12.3. The van der Waals surface area contributed by atoms with Crippen LogP contribution >= 0.6 is 0 Å². The third kappa shape index (κ3) is 5.16. The third-order valence-corrected chi connectivity index (χ3v) is 4.61. The summed E-state index contributed by atoms with van der Waals surface area (Å²) >= 11 is 0. The lowest BCUT2D eigenvalue weighted by atomic mass is 10.1. The van der Waals surface area contributed by atoms with E-state index in [0.29, 0.717) is 5.75 Å². The van der Waals surface area contributed by atoms with Crippen molar-refractivity contribution in [3.8, 4) is 0 Å². The quantitative estimate of drug-likeness (QED) is 0.878. The van der Waals surface area contributed by atoms with Gasteiger partial charge in [0, 0.05) is 41.6 Å². The van der Waals surface area contributed by atoms with Crippen molar-refractivity contribution in [2.45, 2.75) is 39.7 Å². The summed E-state index contributed by atoms with van der Waals surface area (Å²) in [5, 5.41) is 2.98. The highest BCUT2D eigenvalue weighted by molar-refractivity contribution is 7.84. The molecule has 0 saturated heterocycles. The lowest BCUT2D eigenvalue weighted by molar-refractivity contribution is 0.212. The number of carbonyl (C=O) groups is 1. The lowest BCUT2D eigenvalue weighted by Crippen LogP contribution is -2.41. The van der Waals surface area contributed by atoms with Gasteiger partial charge in [0.05, 0.1) is 0 Å². The zero-order valence-electron chi connectivity index (χ0n) is 13.6. The number of urea groups is 1. The molecule has 0 fully saturated rings. The zero-order valence-corrected chi connectivity index (χ0v) is 14.4. The van der Waals surface area contributed by atoms with Crippen molar-refractivity contribution in [2.75, 3.05) is 24.4 Å². The Hall–Kier alpha value is -1.36. The van der Waals surface area contributed by atoms with Crippen molar-refractivity contribution >= 4 is 22.5 Å². The number of aryl methyl sites for hydroxylation is 2. The molecule has 1 N–H and O–H groups in total. The van der Waals surface area contributed by atoms with E-state index in [1.165, 1.54) is 5.56 Å².